The Bertz CT molecular complexity index is 389. The normalized spacial score (nSPS) is 12.4. The van der Waals surface area contributed by atoms with Crippen LogP contribution in [0.1, 0.15) is 32.8 Å². The van der Waals surface area contributed by atoms with E-state index < -0.39 is 0 Å². The average molecular weight is 263 g/mol. The van der Waals surface area contributed by atoms with Crippen molar-refractivity contribution in [3.05, 3.63) is 29.8 Å². The van der Waals surface area contributed by atoms with Crippen LogP contribution in [-0.2, 0) is 0 Å². The zero-order valence-electron chi connectivity index (χ0n) is 12.1. The fourth-order valence-corrected chi connectivity index (χ4v) is 1.96. The fraction of sp³-hybridized carbons (Fsp3) is 0.533. The first-order valence-electron chi connectivity index (χ1n) is 6.89. The van der Waals surface area contributed by atoms with Gasteiger partial charge in [0.05, 0.1) is 0 Å². The summed E-state index contributed by atoms with van der Waals surface area (Å²) in [4.78, 5) is 2.41. The topological polar surface area (TPSA) is 62.3 Å². The van der Waals surface area contributed by atoms with Gasteiger partial charge in [0, 0.05) is 18.2 Å². The molecule has 19 heavy (non-hydrogen) atoms. The quantitative estimate of drug-likeness (QED) is 0.559. The van der Waals surface area contributed by atoms with E-state index in [-0.39, 0.29) is 5.84 Å². The molecule has 0 aliphatic carbocycles. The molecule has 1 unspecified atom stereocenters. The second-order valence-corrected chi connectivity index (χ2v) is 4.67. The van der Waals surface area contributed by atoms with E-state index in [9.17, 15) is 0 Å². The molecule has 0 heterocycles. The molecule has 1 aromatic carbocycles. The third kappa shape index (κ3) is 4.91. The lowest BCUT2D eigenvalue weighted by Gasteiger charge is -2.26. The first kappa shape index (κ1) is 15.5. The van der Waals surface area contributed by atoms with Crippen LogP contribution in [0.4, 0.5) is 0 Å². The summed E-state index contributed by atoms with van der Waals surface area (Å²) in [5, 5.41) is 7.32. The molecule has 0 saturated heterocycles. The van der Waals surface area contributed by atoms with Crippen molar-refractivity contribution < 1.29 is 4.74 Å². The summed E-state index contributed by atoms with van der Waals surface area (Å²) in [5.74, 6) is 0.908. The molecule has 0 saturated carbocycles. The predicted octanol–water partition coefficient (Wildman–Crippen LogP) is 2.47. The van der Waals surface area contributed by atoms with Gasteiger partial charge in [-0.05, 0) is 44.2 Å². The number of nitrogen functional groups attached to an aromatic ring is 1. The van der Waals surface area contributed by atoms with E-state index in [2.05, 4.69) is 25.7 Å². The van der Waals surface area contributed by atoms with Gasteiger partial charge in [-0.1, -0.05) is 13.8 Å². The molecule has 0 aliphatic heterocycles. The highest BCUT2D eigenvalue weighted by Gasteiger charge is 2.09. The van der Waals surface area contributed by atoms with Gasteiger partial charge in [-0.2, -0.15) is 0 Å². The molecule has 0 aliphatic rings. The number of hydrogen-bond acceptors (Lipinski definition) is 3. The van der Waals surface area contributed by atoms with Gasteiger partial charge in [-0.3, -0.25) is 10.3 Å². The molecule has 4 heteroatoms. The molecule has 0 amide bonds. The van der Waals surface area contributed by atoms with Crippen molar-refractivity contribution in [2.24, 2.45) is 5.73 Å². The third-order valence-electron chi connectivity index (χ3n) is 3.43. The Morgan fingerprint density at radius 2 is 1.95 bits per heavy atom. The number of amidine groups is 1. The second-order valence-electron chi connectivity index (χ2n) is 4.67. The van der Waals surface area contributed by atoms with Crippen LogP contribution in [-0.4, -0.2) is 36.5 Å². The van der Waals surface area contributed by atoms with Gasteiger partial charge in [0.2, 0.25) is 0 Å². The second kappa shape index (κ2) is 7.79. The van der Waals surface area contributed by atoms with Gasteiger partial charge in [-0.15, -0.1) is 0 Å². The summed E-state index contributed by atoms with van der Waals surface area (Å²) < 4.78 is 5.71. The molecule has 1 atom stereocenters. The van der Waals surface area contributed by atoms with Crippen LogP contribution in [0.2, 0.25) is 0 Å². The molecule has 0 radical (unpaired) electrons. The summed E-state index contributed by atoms with van der Waals surface area (Å²) in [5.41, 5.74) is 6.13. The van der Waals surface area contributed by atoms with Crippen LogP contribution in [0.15, 0.2) is 24.3 Å². The van der Waals surface area contributed by atoms with Gasteiger partial charge < -0.3 is 10.5 Å². The molecular formula is C15H25N3O. The Morgan fingerprint density at radius 3 is 2.42 bits per heavy atom. The van der Waals surface area contributed by atoms with Crippen molar-refractivity contribution in [3.63, 3.8) is 0 Å². The largest absolute Gasteiger partial charge is 0.492 e. The van der Waals surface area contributed by atoms with E-state index in [0.29, 0.717) is 12.6 Å². The maximum Gasteiger partial charge on any atom is 0.122 e. The highest BCUT2D eigenvalue weighted by Crippen LogP contribution is 2.12. The third-order valence-corrected chi connectivity index (χ3v) is 3.43. The van der Waals surface area contributed by atoms with E-state index in [1.165, 1.54) is 0 Å². The molecule has 3 N–H and O–H groups in total. The first-order chi connectivity index (χ1) is 9.08. The van der Waals surface area contributed by atoms with Crippen molar-refractivity contribution in [1.29, 1.82) is 5.41 Å². The van der Waals surface area contributed by atoms with Gasteiger partial charge >= 0.3 is 0 Å². The van der Waals surface area contributed by atoms with Gasteiger partial charge in [0.1, 0.15) is 18.2 Å². The number of ether oxygens (including phenoxy) is 1. The van der Waals surface area contributed by atoms with Gasteiger partial charge in [0.25, 0.3) is 0 Å². The standard InChI is InChI=1S/C15H25N3O/c1-4-12(3)18(5-2)10-11-19-14-8-6-13(7-9-14)15(16)17/h6-9,12H,4-5,10-11H2,1-3H3,(H3,16,17). The van der Waals surface area contributed by atoms with Crippen LogP contribution in [0.25, 0.3) is 0 Å². The minimum absolute atomic E-state index is 0.0838. The Balaban J connectivity index is 2.42. The van der Waals surface area contributed by atoms with Crippen LogP contribution in [0, 0.1) is 5.41 Å². The van der Waals surface area contributed by atoms with Crippen LogP contribution >= 0.6 is 0 Å². The minimum Gasteiger partial charge on any atom is -0.492 e. The summed E-state index contributed by atoms with van der Waals surface area (Å²) in [7, 11) is 0. The van der Waals surface area contributed by atoms with Crippen LogP contribution in [0.3, 0.4) is 0 Å². The SMILES string of the molecule is CCC(C)N(CC)CCOc1ccc(C(=N)N)cc1. The fourth-order valence-electron chi connectivity index (χ4n) is 1.96. The highest BCUT2D eigenvalue weighted by molar-refractivity contribution is 5.94. The lowest BCUT2D eigenvalue weighted by atomic mass is 10.2. The molecule has 0 aromatic heterocycles. The minimum atomic E-state index is 0.0838. The number of nitrogens with two attached hydrogens (primary N) is 1. The number of benzene rings is 1. The zero-order valence-corrected chi connectivity index (χ0v) is 12.1. The molecule has 1 rings (SSSR count). The first-order valence-corrected chi connectivity index (χ1v) is 6.89. The molecule has 106 valence electrons. The van der Waals surface area contributed by atoms with Crippen molar-refractivity contribution >= 4 is 5.84 Å². The summed E-state index contributed by atoms with van der Waals surface area (Å²) >= 11 is 0. The lowest BCUT2D eigenvalue weighted by molar-refractivity contribution is 0.171. The Labute approximate surface area is 116 Å². The van der Waals surface area contributed by atoms with Crippen molar-refractivity contribution in [2.45, 2.75) is 33.2 Å². The van der Waals surface area contributed by atoms with Gasteiger partial charge in [0.15, 0.2) is 0 Å². The number of likely N-dealkylation sites (N-methyl/N-ethyl adjacent to an activating group) is 1. The van der Waals surface area contributed by atoms with E-state index in [0.717, 1.165) is 30.8 Å². The van der Waals surface area contributed by atoms with Crippen molar-refractivity contribution in [1.82, 2.24) is 4.90 Å². The van der Waals surface area contributed by atoms with E-state index >= 15 is 0 Å². The maximum atomic E-state index is 7.32. The van der Waals surface area contributed by atoms with Crippen LogP contribution < -0.4 is 10.5 Å². The molecule has 0 spiro atoms. The molecule has 0 bridgehead atoms. The molecule has 4 nitrogen and oxygen atoms in total. The monoisotopic (exact) mass is 263 g/mol. The number of nitrogens with zero attached hydrogens (tertiary/aromatic N) is 1. The molecule has 0 fully saturated rings. The zero-order chi connectivity index (χ0) is 14.3. The smallest absolute Gasteiger partial charge is 0.122 e. The Kier molecular flexibility index (Phi) is 6.36. The van der Waals surface area contributed by atoms with E-state index in [4.69, 9.17) is 15.9 Å². The maximum absolute atomic E-state index is 7.32. The summed E-state index contributed by atoms with van der Waals surface area (Å²) in [6.45, 7) is 9.27. The molecule has 1 aromatic rings. The average Bonchev–Trinajstić information content (AvgIpc) is 2.43. The van der Waals surface area contributed by atoms with Crippen LogP contribution in [0.5, 0.6) is 5.75 Å². The number of hydrogen-bond donors (Lipinski definition) is 2. The lowest BCUT2D eigenvalue weighted by Crippen LogP contribution is -2.35. The number of nitrogens with one attached hydrogen (secondary N) is 1. The Hall–Kier alpha value is -1.55. The predicted molar refractivity (Wildman–Crippen MR) is 80.0 cm³/mol. The van der Waals surface area contributed by atoms with E-state index in [1.54, 1.807) is 0 Å². The number of rotatable bonds is 8. The summed E-state index contributed by atoms with van der Waals surface area (Å²) in [6, 6.07) is 7.93. The Morgan fingerprint density at radius 1 is 1.32 bits per heavy atom. The highest BCUT2D eigenvalue weighted by atomic mass is 16.5. The summed E-state index contributed by atoms with van der Waals surface area (Å²) in [6.07, 6.45) is 1.15. The van der Waals surface area contributed by atoms with Gasteiger partial charge in [-0.25, -0.2) is 0 Å². The van der Waals surface area contributed by atoms with Crippen molar-refractivity contribution in [3.8, 4) is 5.75 Å². The van der Waals surface area contributed by atoms with Crippen molar-refractivity contribution in [2.75, 3.05) is 19.7 Å². The van der Waals surface area contributed by atoms with E-state index in [1.807, 2.05) is 24.3 Å². The molecular weight excluding hydrogens is 238 g/mol.